The Hall–Kier alpha value is -2.56. The summed E-state index contributed by atoms with van der Waals surface area (Å²) in [4.78, 5) is 4.77. The molecule has 1 aromatic carbocycles. The summed E-state index contributed by atoms with van der Waals surface area (Å²) >= 11 is 0. The average Bonchev–Trinajstić information content (AvgIpc) is 3.11. The largest absolute Gasteiger partial charge is 0.353 e. The van der Waals surface area contributed by atoms with Gasteiger partial charge in [-0.15, -0.1) is 15.3 Å². The number of hydrogen-bond donors (Lipinski definition) is 1. The zero-order chi connectivity index (χ0) is 19.6. The van der Waals surface area contributed by atoms with Crippen LogP contribution in [0.5, 0.6) is 0 Å². The van der Waals surface area contributed by atoms with Gasteiger partial charge in [0.05, 0.1) is 4.90 Å². The van der Waals surface area contributed by atoms with Gasteiger partial charge in [0, 0.05) is 39.1 Å². The Bertz CT molecular complexity index is 1040. The molecule has 0 saturated carbocycles. The second-order valence-corrected chi connectivity index (χ2v) is 8.60. The SMILES string of the molecule is CN1CCN(c2ccc3nnc(CCNS(=O)(=O)c4ccccc4)n3n2)CC1. The van der Waals surface area contributed by atoms with Crippen molar-refractivity contribution in [3.8, 4) is 0 Å². The smallest absolute Gasteiger partial charge is 0.240 e. The number of nitrogens with zero attached hydrogens (tertiary/aromatic N) is 6. The Morgan fingerprint density at radius 3 is 2.50 bits per heavy atom. The molecule has 1 aliphatic heterocycles. The fraction of sp³-hybridized carbons (Fsp3) is 0.389. The average molecular weight is 401 g/mol. The van der Waals surface area contributed by atoms with Gasteiger partial charge in [-0.2, -0.15) is 4.52 Å². The van der Waals surface area contributed by atoms with E-state index in [1.807, 2.05) is 12.1 Å². The molecule has 3 heterocycles. The van der Waals surface area contributed by atoms with Crippen molar-refractivity contribution in [1.82, 2.24) is 29.4 Å². The van der Waals surface area contributed by atoms with Crippen LogP contribution in [-0.4, -0.2) is 72.9 Å². The van der Waals surface area contributed by atoms with E-state index >= 15 is 0 Å². The molecule has 9 nitrogen and oxygen atoms in total. The summed E-state index contributed by atoms with van der Waals surface area (Å²) in [6, 6.07) is 12.2. The molecule has 0 atom stereocenters. The molecule has 0 radical (unpaired) electrons. The lowest BCUT2D eigenvalue weighted by Gasteiger charge is -2.33. The molecule has 0 unspecified atom stereocenters. The van der Waals surface area contributed by atoms with Crippen LogP contribution in [0.2, 0.25) is 0 Å². The van der Waals surface area contributed by atoms with E-state index in [1.54, 1.807) is 34.8 Å². The number of fused-ring (bicyclic) bond motifs is 1. The van der Waals surface area contributed by atoms with E-state index in [2.05, 4.69) is 36.9 Å². The molecule has 4 rings (SSSR count). The standard InChI is InChI=1S/C18H23N7O2S/c1-23-11-13-24(14-12-23)18-8-7-16-20-21-17(25(16)22-18)9-10-19-28(26,27)15-5-3-2-4-6-15/h2-8,19H,9-14H2,1H3. The van der Waals surface area contributed by atoms with Crippen molar-refractivity contribution in [3.63, 3.8) is 0 Å². The van der Waals surface area contributed by atoms with E-state index in [9.17, 15) is 8.42 Å². The molecule has 2 aromatic heterocycles. The van der Waals surface area contributed by atoms with Crippen LogP contribution < -0.4 is 9.62 Å². The van der Waals surface area contributed by atoms with E-state index in [1.165, 1.54) is 0 Å². The lowest BCUT2D eigenvalue weighted by molar-refractivity contribution is 0.311. The Labute approximate surface area is 164 Å². The number of hydrogen-bond acceptors (Lipinski definition) is 7. The van der Waals surface area contributed by atoms with Crippen molar-refractivity contribution < 1.29 is 8.42 Å². The van der Waals surface area contributed by atoms with Gasteiger partial charge in [-0.05, 0) is 31.3 Å². The van der Waals surface area contributed by atoms with Gasteiger partial charge in [-0.1, -0.05) is 18.2 Å². The monoisotopic (exact) mass is 401 g/mol. The molecule has 0 amide bonds. The van der Waals surface area contributed by atoms with Crippen molar-refractivity contribution in [3.05, 3.63) is 48.3 Å². The Morgan fingerprint density at radius 1 is 1.00 bits per heavy atom. The number of likely N-dealkylation sites (N-methyl/N-ethyl adjacent to an activating group) is 1. The number of sulfonamides is 1. The molecule has 1 N–H and O–H groups in total. The van der Waals surface area contributed by atoms with Gasteiger partial charge < -0.3 is 9.80 Å². The maximum Gasteiger partial charge on any atom is 0.240 e. The van der Waals surface area contributed by atoms with Crippen LogP contribution in [0.25, 0.3) is 5.65 Å². The van der Waals surface area contributed by atoms with E-state index in [0.717, 1.165) is 32.0 Å². The Balaban J connectivity index is 1.46. The third-order valence-electron chi connectivity index (χ3n) is 4.83. The zero-order valence-electron chi connectivity index (χ0n) is 15.7. The second-order valence-electron chi connectivity index (χ2n) is 6.83. The van der Waals surface area contributed by atoms with Crippen LogP contribution in [0.1, 0.15) is 5.82 Å². The maximum atomic E-state index is 12.3. The molecule has 0 aliphatic carbocycles. The first-order chi connectivity index (χ1) is 13.5. The third kappa shape index (κ3) is 3.98. The molecular weight excluding hydrogens is 378 g/mol. The topological polar surface area (TPSA) is 95.7 Å². The number of piperazine rings is 1. The first-order valence-corrected chi connectivity index (χ1v) is 10.7. The van der Waals surface area contributed by atoms with Crippen LogP contribution in [-0.2, 0) is 16.4 Å². The highest BCUT2D eigenvalue weighted by Gasteiger charge is 2.18. The Morgan fingerprint density at radius 2 is 1.75 bits per heavy atom. The lowest BCUT2D eigenvalue weighted by atomic mass is 10.3. The molecule has 0 bridgehead atoms. The second kappa shape index (κ2) is 7.82. The first kappa shape index (κ1) is 18.8. The van der Waals surface area contributed by atoms with Gasteiger partial charge in [0.15, 0.2) is 11.5 Å². The minimum Gasteiger partial charge on any atom is -0.353 e. The summed E-state index contributed by atoms with van der Waals surface area (Å²) in [5.74, 6) is 1.51. The van der Waals surface area contributed by atoms with Gasteiger partial charge in [0.2, 0.25) is 10.0 Å². The zero-order valence-corrected chi connectivity index (χ0v) is 16.5. The van der Waals surface area contributed by atoms with E-state index in [0.29, 0.717) is 17.9 Å². The fourth-order valence-electron chi connectivity index (χ4n) is 3.16. The predicted molar refractivity (Wildman–Crippen MR) is 106 cm³/mol. The molecule has 148 valence electrons. The normalized spacial score (nSPS) is 16.0. The van der Waals surface area contributed by atoms with Gasteiger partial charge in [0.25, 0.3) is 0 Å². The molecule has 1 aliphatic rings. The van der Waals surface area contributed by atoms with Crippen LogP contribution in [0, 0.1) is 0 Å². The lowest BCUT2D eigenvalue weighted by Crippen LogP contribution is -2.45. The molecule has 0 spiro atoms. The summed E-state index contributed by atoms with van der Waals surface area (Å²) in [6.45, 7) is 4.05. The van der Waals surface area contributed by atoms with Crippen LogP contribution in [0.4, 0.5) is 5.82 Å². The summed E-state index contributed by atoms with van der Waals surface area (Å²) in [6.07, 6.45) is 0.395. The molecule has 3 aromatic rings. The van der Waals surface area contributed by atoms with Crippen LogP contribution in [0.15, 0.2) is 47.4 Å². The summed E-state index contributed by atoms with van der Waals surface area (Å²) < 4.78 is 29.0. The summed E-state index contributed by atoms with van der Waals surface area (Å²) in [5.41, 5.74) is 0.652. The Kier molecular flexibility index (Phi) is 5.25. The molecule has 28 heavy (non-hydrogen) atoms. The minimum absolute atomic E-state index is 0.221. The quantitative estimate of drug-likeness (QED) is 0.639. The maximum absolute atomic E-state index is 12.3. The van der Waals surface area contributed by atoms with Gasteiger partial charge in [-0.3, -0.25) is 0 Å². The van der Waals surface area contributed by atoms with Gasteiger partial charge in [-0.25, -0.2) is 13.1 Å². The van der Waals surface area contributed by atoms with E-state index in [4.69, 9.17) is 0 Å². The highest BCUT2D eigenvalue weighted by molar-refractivity contribution is 7.89. The highest BCUT2D eigenvalue weighted by atomic mass is 32.2. The van der Waals surface area contributed by atoms with Gasteiger partial charge in [0.1, 0.15) is 5.82 Å². The van der Waals surface area contributed by atoms with Crippen molar-refractivity contribution in [2.24, 2.45) is 0 Å². The van der Waals surface area contributed by atoms with Crippen LogP contribution in [0.3, 0.4) is 0 Å². The van der Waals surface area contributed by atoms with E-state index < -0.39 is 10.0 Å². The van der Waals surface area contributed by atoms with Crippen molar-refractivity contribution in [2.75, 3.05) is 44.7 Å². The number of benzene rings is 1. The number of aromatic nitrogens is 4. The fourth-order valence-corrected chi connectivity index (χ4v) is 4.22. The number of anilines is 1. The van der Waals surface area contributed by atoms with Crippen molar-refractivity contribution >= 4 is 21.5 Å². The number of rotatable bonds is 6. The van der Waals surface area contributed by atoms with Crippen molar-refractivity contribution in [2.45, 2.75) is 11.3 Å². The van der Waals surface area contributed by atoms with Crippen molar-refractivity contribution in [1.29, 1.82) is 0 Å². The predicted octanol–water partition coefficient (Wildman–Crippen LogP) is 0.397. The molecule has 1 saturated heterocycles. The highest BCUT2D eigenvalue weighted by Crippen LogP contribution is 2.14. The van der Waals surface area contributed by atoms with Crippen LogP contribution >= 0.6 is 0 Å². The molecule has 1 fully saturated rings. The first-order valence-electron chi connectivity index (χ1n) is 9.22. The third-order valence-corrected chi connectivity index (χ3v) is 6.31. The summed E-state index contributed by atoms with van der Waals surface area (Å²) in [5, 5.41) is 13.0. The van der Waals surface area contributed by atoms with E-state index in [-0.39, 0.29) is 11.4 Å². The number of nitrogens with one attached hydrogen (secondary N) is 1. The summed E-state index contributed by atoms with van der Waals surface area (Å²) in [7, 11) is -1.42. The molecule has 10 heteroatoms. The minimum atomic E-state index is -3.54. The molecular formula is C18H23N7O2S. The van der Waals surface area contributed by atoms with Gasteiger partial charge >= 0.3 is 0 Å².